The largest absolute Gasteiger partial charge is 0.0729 e. The number of fused-ring (bicyclic) bond motifs is 2. The molecule has 0 spiro atoms. The van der Waals surface area contributed by atoms with Gasteiger partial charge in [-0.3, -0.25) is 0 Å². The van der Waals surface area contributed by atoms with Gasteiger partial charge in [0.25, 0.3) is 0 Å². The normalized spacial score (nSPS) is 37.6. The maximum atomic E-state index is 2.50. The molecule has 0 radical (unpaired) electrons. The molecule has 5 rings (SSSR count). The van der Waals surface area contributed by atoms with Crippen molar-refractivity contribution in [1.29, 1.82) is 0 Å². The fraction of sp³-hybridized carbons (Fsp3) is 0.600. The zero-order valence-electron chi connectivity index (χ0n) is 13.2. The van der Waals surface area contributed by atoms with Gasteiger partial charge in [0, 0.05) is 5.92 Å². The molecule has 4 atom stereocenters. The molecule has 2 unspecified atom stereocenters. The van der Waals surface area contributed by atoms with E-state index in [1.54, 1.807) is 16.7 Å². The summed E-state index contributed by atoms with van der Waals surface area (Å²) in [5.41, 5.74) is 7.33. The first kappa shape index (κ1) is 12.7. The molecule has 1 saturated carbocycles. The molecule has 0 aromatic heterocycles. The molecule has 4 aliphatic rings. The van der Waals surface area contributed by atoms with Gasteiger partial charge in [-0.15, -0.1) is 0 Å². The first-order valence-electron chi connectivity index (χ1n) is 8.27. The Kier molecular flexibility index (Phi) is 2.53. The van der Waals surface area contributed by atoms with Crippen LogP contribution in [0.2, 0.25) is 0 Å². The van der Waals surface area contributed by atoms with E-state index in [4.69, 9.17) is 0 Å². The smallest absolute Gasteiger partial charge is 0.00852 e. The molecule has 1 fully saturated rings. The van der Waals surface area contributed by atoms with E-state index in [-0.39, 0.29) is 0 Å². The van der Waals surface area contributed by atoms with E-state index >= 15 is 0 Å². The summed E-state index contributed by atoms with van der Waals surface area (Å²) in [5.74, 6) is 3.28. The summed E-state index contributed by atoms with van der Waals surface area (Å²) in [6.07, 6.45) is 4.07. The monoisotopic (exact) mass is 266 g/mol. The van der Waals surface area contributed by atoms with Crippen LogP contribution in [0.4, 0.5) is 0 Å². The van der Waals surface area contributed by atoms with E-state index in [1.807, 2.05) is 5.57 Å². The van der Waals surface area contributed by atoms with E-state index in [9.17, 15) is 0 Å². The molecular formula is C20H26. The molecule has 4 aliphatic carbocycles. The lowest BCUT2D eigenvalue weighted by molar-refractivity contribution is -0.0154. The van der Waals surface area contributed by atoms with Gasteiger partial charge in [0.1, 0.15) is 0 Å². The number of benzene rings is 1. The molecule has 0 nitrogen and oxygen atoms in total. The van der Waals surface area contributed by atoms with Crippen molar-refractivity contribution < 1.29 is 0 Å². The van der Waals surface area contributed by atoms with Crippen LogP contribution >= 0.6 is 0 Å². The van der Waals surface area contributed by atoms with Crippen LogP contribution in [-0.2, 0) is 6.42 Å². The first-order chi connectivity index (χ1) is 9.50. The van der Waals surface area contributed by atoms with E-state index in [1.165, 1.54) is 19.3 Å². The zero-order valence-corrected chi connectivity index (χ0v) is 13.2. The molecule has 1 aromatic carbocycles. The molecule has 2 bridgehead atoms. The Bertz CT molecular complexity index is 590. The number of allylic oxidation sites excluding steroid dienone is 2. The van der Waals surface area contributed by atoms with Crippen molar-refractivity contribution in [2.45, 2.75) is 52.9 Å². The quantitative estimate of drug-likeness (QED) is 0.601. The van der Waals surface area contributed by atoms with Gasteiger partial charge in [-0.05, 0) is 60.5 Å². The van der Waals surface area contributed by atoms with Crippen molar-refractivity contribution in [3.8, 4) is 0 Å². The minimum Gasteiger partial charge on any atom is -0.0729 e. The van der Waals surface area contributed by atoms with Crippen LogP contribution in [0.1, 0.15) is 57.6 Å². The molecule has 0 amide bonds. The van der Waals surface area contributed by atoms with Crippen molar-refractivity contribution in [3.05, 3.63) is 46.5 Å². The third kappa shape index (κ3) is 1.48. The Labute approximate surface area is 123 Å². The van der Waals surface area contributed by atoms with Crippen molar-refractivity contribution >= 4 is 0 Å². The second-order valence-corrected chi connectivity index (χ2v) is 8.10. The first-order valence-corrected chi connectivity index (χ1v) is 8.27. The van der Waals surface area contributed by atoms with Crippen LogP contribution in [-0.4, -0.2) is 0 Å². The average Bonchev–Trinajstić information content (AvgIpc) is 2.74. The summed E-state index contributed by atoms with van der Waals surface area (Å²) in [6, 6.07) is 9.18. The van der Waals surface area contributed by atoms with Gasteiger partial charge in [-0.1, -0.05) is 56.2 Å². The Morgan fingerprint density at radius 3 is 2.60 bits per heavy atom. The fourth-order valence-corrected chi connectivity index (χ4v) is 5.43. The topological polar surface area (TPSA) is 0 Å². The van der Waals surface area contributed by atoms with Gasteiger partial charge in [0.2, 0.25) is 0 Å². The van der Waals surface area contributed by atoms with Crippen LogP contribution in [0.5, 0.6) is 0 Å². The summed E-state index contributed by atoms with van der Waals surface area (Å²) in [7, 11) is 0. The van der Waals surface area contributed by atoms with Gasteiger partial charge in [-0.25, -0.2) is 0 Å². The van der Waals surface area contributed by atoms with Crippen LogP contribution in [0.15, 0.2) is 35.4 Å². The highest BCUT2D eigenvalue weighted by Gasteiger charge is 2.55. The second-order valence-electron chi connectivity index (χ2n) is 8.10. The highest BCUT2D eigenvalue weighted by atomic mass is 14.6. The molecule has 1 aromatic rings. The third-order valence-electron chi connectivity index (χ3n) is 6.73. The van der Waals surface area contributed by atoms with Gasteiger partial charge in [0.05, 0.1) is 0 Å². The lowest BCUT2D eigenvalue weighted by atomic mass is 9.45. The van der Waals surface area contributed by atoms with Crippen LogP contribution in [0.3, 0.4) is 0 Å². The lowest BCUT2D eigenvalue weighted by Gasteiger charge is -2.59. The Balaban J connectivity index is 1.81. The fourth-order valence-electron chi connectivity index (χ4n) is 5.43. The summed E-state index contributed by atoms with van der Waals surface area (Å²) < 4.78 is 0. The molecule has 20 heavy (non-hydrogen) atoms. The van der Waals surface area contributed by atoms with Gasteiger partial charge in [0.15, 0.2) is 0 Å². The van der Waals surface area contributed by atoms with Crippen molar-refractivity contribution in [1.82, 2.24) is 0 Å². The highest BCUT2D eigenvalue weighted by molar-refractivity contribution is 5.46. The average molecular weight is 266 g/mol. The maximum absolute atomic E-state index is 2.50. The van der Waals surface area contributed by atoms with E-state index < -0.39 is 0 Å². The predicted molar refractivity (Wildman–Crippen MR) is 84.7 cm³/mol. The molecule has 0 heteroatoms. The molecule has 0 aliphatic heterocycles. The second kappa shape index (κ2) is 4.00. The van der Waals surface area contributed by atoms with Crippen molar-refractivity contribution in [2.24, 2.45) is 23.2 Å². The Morgan fingerprint density at radius 2 is 1.85 bits per heavy atom. The number of hydrogen-bond donors (Lipinski definition) is 0. The number of rotatable bonds is 1. The van der Waals surface area contributed by atoms with Gasteiger partial charge < -0.3 is 0 Å². The van der Waals surface area contributed by atoms with Crippen LogP contribution < -0.4 is 0 Å². The summed E-state index contributed by atoms with van der Waals surface area (Å²) >= 11 is 0. The summed E-state index contributed by atoms with van der Waals surface area (Å²) in [4.78, 5) is 0. The molecule has 0 heterocycles. The van der Waals surface area contributed by atoms with E-state index in [2.05, 4.69) is 52.0 Å². The van der Waals surface area contributed by atoms with Crippen LogP contribution in [0, 0.1) is 23.2 Å². The maximum Gasteiger partial charge on any atom is 0.00852 e. The zero-order chi connectivity index (χ0) is 14.1. The van der Waals surface area contributed by atoms with E-state index in [0.29, 0.717) is 11.3 Å². The van der Waals surface area contributed by atoms with Crippen LogP contribution in [0.25, 0.3) is 0 Å². The molecule has 0 saturated heterocycles. The van der Waals surface area contributed by atoms with E-state index in [0.717, 1.165) is 17.8 Å². The summed E-state index contributed by atoms with van der Waals surface area (Å²) in [6.45, 7) is 9.88. The van der Waals surface area contributed by atoms with Gasteiger partial charge in [-0.2, -0.15) is 0 Å². The minimum absolute atomic E-state index is 0.548. The van der Waals surface area contributed by atoms with Crippen molar-refractivity contribution in [2.75, 3.05) is 0 Å². The standard InChI is InChI=1S/C20H26/c1-12-9-14-7-5-6-8-16(14)18(12)19-13(2)10-15-11-17(19)20(15,3)4/h5-8,12,15,17-18H,9-11H2,1-4H3/t12?,15-,17-,18?/m0/s1. The highest BCUT2D eigenvalue weighted by Crippen LogP contribution is 2.65. The molecular weight excluding hydrogens is 240 g/mol. The van der Waals surface area contributed by atoms with Gasteiger partial charge >= 0.3 is 0 Å². The lowest BCUT2D eigenvalue weighted by Crippen LogP contribution is -2.50. The Morgan fingerprint density at radius 1 is 1.10 bits per heavy atom. The van der Waals surface area contributed by atoms with Crippen molar-refractivity contribution in [3.63, 3.8) is 0 Å². The third-order valence-corrected chi connectivity index (χ3v) is 6.73. The summed E-state index contributed by atoms with van der Waals surface area (Å²) in [5, 5.41) is 0. The predicted octanol–water partition coefficient (Wildman–Crippen LogP) is 5.34. The minimum atomic E-state index is 0.548. The number of hydrogen-bond acceptors (Lipinski definition) is 0. The SMILES string of the molecule is CC1=C(C2c3ccccc3CC2C)[C@@H]2C[C@H](C1)C2(C)C. The Hall–Kier alpha value is -1.04. The molecule has 106 valence electrons. The molecule has 0 N–H and O–H groups in total.